The minimum Gasteiger partial charge on any atom is -0.494 e. The third-order valence-electron chi connectivity index (χ3n) is 4.82. The van der Waals surface area contributed by atoms with Crippen LogP contribution in [-0.2, 0) is 9.53 Å². The summed E-state index contributed by atoms with van der Waals surface area (Å²) in [4.78, 5) is 25.4. The fourth-order valence-electron chi connectivity index (χ4n) is 3.24. The third kappa shape index (κ3) is 5.96. The number of amides is 1. The van der Waals surface area contributed by atoms with Crippen molar-refractivity contribution in [3.63, 3.8) is 0 Å². The molecule has 0 aliphatic carbocycles. The molecule has 0 aliphatic heterocycles. The van der Waals surface area contributed by atoms with Gasteiger partial charge in [-0.1, -0.05) is 18.2 Å². The molecular weight excluding hydrogens is 454 g/mol. The van der Waals surface area contributed by atoms with Crippen molar-refractivity contribution in [1.29, 1.82) is 0 Å². The van der Waals surface area contributed by atoms with Crippen molar-refractivity contribution in [2.45, 2.75) is 13.8 Å². The zero-order chi connectivity index (χ0) is 24.5. The van der Waals surface area contributed by atoms with E-state index in [1.807, 2.05) is 37.3 Å². The lowest BCUT2D eigenvalue weighted by Gasteiger charge is -2.11. The van der Waals surface area contributed by atoms with E-state index in [-0.39, 0.29) is 12.5 Å². The Morgan fingerprint density at radius 1 is 0.971 bits per heavy atom. The van der Waals surface area contributed by atoms with Gasteiger partial charge in [0.15, 0.2) is 11.5 Å². The van der Waals surface area contributed by atoms with Crippen LogP contribution in [-0.4, -0.2) is 39.3 Å². The third-order valence-corrected chi connectivity index (χ3v) is 5.72. The Labute approximate surface area is 202 Å². The summed E-state index contributed by atoms with van der Waals surface area (Å²) < 4.78 is 21.4. The molecule has 1 amide bonds. The summed E-state index contributed by atoms with van der Waals surface area (Å²) in [5.41, 5.74) is 2.51. The molecule has 2 aromatic carbocycles. The summed E-state index contributed by atoms with van der Waals surface area (Å²) in [6.07, 6.45) is 3.11. The molecule has 0 bridgehead atoms. The average molecular weight is 482 g/mol. The Balaban J connectivity index is 1.86. The van der Waals surface area contributed by atoms with E-state index < -0.39 is 5.97 Å². The SMILES string of the molecule is CCOC(=O)c1c(-c2ccc(OC)c(OC)c2)csc1NC(=O)/C=C/c1ccc(OCC)cc1. The van der Waals surface area contributed by atoms with Crippen LogP contribution in [0.4, 0.5) is 5.00 Å². The molecular formula is C26H27NO6S. The lowest BCUT2D eigenvalue weighted by Crippen LogP contribution is -2.12. The molecule has 7 nitrogen and oxygen atoms in total. The van der Waals surface area contributed by atoms with Gasteiger partial charge in [0.1, 0.15) is 16.3 Å². The predicted octanol–water partition coefficient (Wildman–Crippen LogP) is 5.66. The molecule has 34 heavy (non-hydrogen) atoms. The number of benzene rings is 2. The molecule has 1 heterocycles. The molecule has 0 unspecified atom stereocenters. The molecule has 0 fully saturated rings. The van der Waals surface area contributed by atoms with Gasteiger partial charge in [-0.25, -0.2) is 4.79 Å². The number of hydrogen-bond donors (Lipinski definition) is 1. The Hall–Kier alpha value is -3.78. The monoisotopic (exact) mass is 481 g/mol. The van der Waals surface area contributed by atoms with Gasteiger partial charge >= 0.3 is 5.97 Å². The van der Waals surface area contributed by atoms with Crippen LogP contribution in [0.2, 0.25) is 0 Å². The van der Waals surface area contributed by atoms with E-state index in [4.69, 9.17) is 18.9 Å². The first-order valence-corrected chi connectivity index (χ1v) is 11.6. The maximum atomic E-state index is 12.8. The van der Waals surface area contributed by atoms with E-state index in [2.05, 4.69) is 5.32 Å². The number of ether oxygens (including phenoxy) is 4. The quantitative estimate of drug-likeness (QED) is 0.297. The topological polar surface area (TPSA) is 83.1 Å². The first kappa shape index (κ1) is 24.9. The molecule has 1 aromatic heterocycles. The van der Waals surface area contributed by atoms with E-state index in [9.17, 15) is 9.59 Å². The summed E-state index contributed by atoms with van der Waals surface area (Å²) in [6.45, 7) is 4.46. The minimum absolute atomic E-state index is 0.213. The fraction of sp³-hybridized carbons (Fsp3) is 0.231. The van der Waals surface area contributed by atoms with E-state index >= 15 is 0 Å². The van der Waals surface area contributed by atoms with Crippen LogP contribution in [0.5, 0.6) is 17.2 Å². The number of carbonyl (C=O) groups excluding carboxylic acids is 2. The van der Waals surface area contributed by atoms with Crippen LogP contribution in [0, 0.1) is 0 Å². The molecule has 0 aliphatic rings. The fourth-order valence-corrected chi connectivity index (χ4v) is 4.20. The van der Waals surface area contributed by atoms with Gasteiger partial charge in [-0.2, -0.15) is 0 Å². The molecule has 8 heteroatoms. The Morgan fingerprint density at radius 2 is 1.71 bits per heavy atom. The van der Waals surface area contributed by atoms with E-state index in [0.29, 0.717) is 34.2 Å². The highest BCUT2D eigenvalue weighted by Gasteiger charge is 2.23. The van der Waals surface area contributed by atoms with Crippen LogP contribution in [0.1, 0.15) is 29.8 Å². The second-order valence-electron chi connectivity index (χ2n) is 6.97. The summed E-state index contributed by atoms with van der Waals surface area (Å²) >= 11 is 1.25. The highest BCUT2D eigenvalue weighted by Crippen LogP contribution is 2.39. The van der Waals surface area contributed by atoms with E-state index in [0.717, 1.165) is 16.9 Å². The Morgan fingerprint density at radius 3 is 2.35 bits per heavy atom. The smallest absolute Gasteiger partial charge is 0.341 e. The second-order valence-corrected chi connectivity index (χ2v) is 7.85. The van der Waals surface area contributed by atoms with Crippen molar-refractivity contribution in [3.05, 3.63) is 65.0 Å². The highest BCUT2D eigenvalue weighted by molar-refractivity contribution is 7.15. The molecule has 0 saturated heterocycles. The van der Waals surface area contributed by atoms with Crippen LogP contribution < -0.4 is 19.5 Å². The lowest BCUT2D eigenvalue weighted by molar-refractivity contribution is -0.111. The lowest BCUT2D eigenvalue weighted by atomic mass is 10.0. The molecule has 3 rings (SSSR count). The number of nitrogens with one attached hydrogen (secondary N) is 1. The van der Waals surface area contributed by atoms with Crippen LogP contribution in [0.3, 0.4) is 0 Å². The molecule has 0 spiro atoms. The molecule has 178 valence electrons. The predicted molar refractivity (Wildman–Crippen MR) is 134 cm³/mol. The molecule has 0 radical (unpaired) electrons. The zero-order valence-electron chi connectivity index (χ0n) is 19.5. The maximum absolute atomic E-state index is 12.8. The van der Waals surface area contributed by atoms with Gasteiger partial charge in [-0.15, -0.1) is 11.3 Å². The number of methoxy groups -OCH3 is 2. The number of carbonyl (C=O) groups is 2. The number of hydrogen-bond acceptors (Lipinski definition) is 7. The molecule has 3 aromatic rings. The summed E-state index contributed by atoms with van der Waals surface area (Å²) in [5, 5.41) is 5.02. The van der Waals surface area contributed by atoms with Crippen molar-refractivity contribution < 1.29 is 28.5 Å². The van der Waals surface area contributed by atoms with Crippen molar-refractivity contribution >= 4 is 34.3 Å². The normalized spacial score (nSPS) is 10.7. The summed E-state index contributed by atoms with van der Waals surface area (Å²) in [5.74, 6) is 1.00. The van der Waals surface area contributed by atoms with Crippen LogP contribution >= 0.6 is 11.3 Å². The Bertz CT molecular complexity index is 1170. The maximum Gasteiger partial charge on any atom is 0.341 e. The number of thiophene rings is 1. The van der Waals surface area contributed by atoms with Crippen molar-refractivity contribution in [2.75, 3.05) is 32.8 Å². The summed E-state index contributed by atoms with van der Waals surface area (Å²) in [7, 11) is 3.10. The first-order valence-electron chi connectivity index (χ1n) is 10.7. The average Bonchev–Trinajstić information content (AvgIpc) is 3.27. The van der Waals surface area contributed by atoms with Gasteiger partial charge < -0.3 is 24.3 Å². The van der Waals surface area contributed by atoms with Gasteiger partial charge in [-0.05, 0) is 55.3 Å². The number of rotatable bonds is 10. The van der Waals surface area contributed by atoms with Crippen molar-refractivity contribution in [1.82, 2.24) is 0 Å². The second kappa shape index (κ2) is 11.9. The molecule has 0 saturated carbocycles. The number of anilines is 1. The van der Waals surface area contributed by atoms with Crippen LogP contribution in [0.15, 0.2) is 53.9 Å². The number of esters is 1. The van der Waals surface area contributed by atoms with Gasteiger partial charge in [0.05, 0.1) is 27.4 Å². The van der Waals surface area contributed by atoms with Crippen molar-refractivity contribution in [2.24, 2.45) is 0 Å². The Kier molecular flexibility index (Phi) is 8.70. The van der Waals surface area contributed by atoms with E-state index in [1.165, 1.54) is 17.4 Å². The van der Waals surface area contributed by atoms with Gasteiger partial charge in [0, 0.05) is 17.0 Å². The molecule has 0 atom stereocenters. The largest absolute Gasteiger partial charge is 0.494 e. The van der Waals surface area contributed by atoms with E-state index in [1.54, 1.807) is 44.7 Å². The van der Waals surface area contributed by atoms with Gasteiger partial charge in [-0.3, -0.25) is 4.79 Å². The van der Waals surface area contributed by atoms with Gasteiger partial charge in [0.25, 0.3) is 0 Å². The highest BCUT2D eigenvalue weighted by atomic mass is 32.1. The standard InChI is InChI=1S/C26H27NO6S/c1-5-32-19-11-7-17(8-12-19)9-14-23(28)27-25-24(26(29)33-6-2)20(16-34-25)18-10-13-21(30-3)22(15-18)31-4/h7-16H,5-6H2,1-4H3,(H,27,28)/b14-9+. The molecule has 1 N–H and O–H groups in total. The van der Waals surface area contributed by atoms with Gasteiger partial charge in [0.2, 0.25) is 5.91 Å². The van der Waals surface area contributed by atoms with Crippen molar-refractivity contribution in [3.8, 4) is 28.4 Å². The van der Waals surface area contributed by atoms with Crippen LogP contribution in [0.25, 0.3) is 17.2 Å². The first-order chi connectivity index (χ1) is 16.5. The minimum atomic E-state index is -0.515. The summed E-state index contributed by atoms with van der Waals surface area (Å²) in [6, 6.07) is 12.8. The zero-order valence-corrected chi connectivity index (χ0v) is 20.4.